The van der Waals surface area contributed by atoms with Crippen molar-refractivity contribution in [2.75, 3.05) is 26.9 Å². The van der Waals surface area contributed by atoms with Crippen LogP contribution < -0.4 is 0 Å². The molecular formula is C8H18O2. The molecule has 0 bridgehead atoms. The molecule has 10 heavy (non-hydrogen) atoms. The molecule has 0 aliphatic rings. The second-order valence-corrected chi connectivity index (χ2v) is 2.79. The first-order chi connectivity index (χ1) is 4.77. The zero-order chi connectivity index (χ0) is 7.82. The van der Waals surface area contributed by atoms with Crippen molar-refractivity contribution in [3.8, 4) is 0 Å². The predicted octanol–water partition coefficient (Wildman–Crippen LogP) is 1.70. The molecule has 2 heteroatoms. The van der Waals surface area contributed by atoms with Crippen molar-refractivity contribution in [1.82, 2.24) is 0 Å². The van der Waals surface area contributed by atoms with Gasteiger partial charge in [-0.05, 0) is 12.3 Å². The SMILES string of the molecule is COCCOCCC(C)C. The van der Waals surface area contributed by atoms with Gasteiger partial charge in [-0.1, -0.05) is 13.8 Å². The van der Waals surface area contributed by atoms with Crippen molar-refractivity contribution in [2.24, 2.45) is 5.92 Å². The van der Waals surface area contributed by atoms with E-state index in [2.05, 4.69) is 13.8 Å². The summed E-state index contributed by atoms with van der Waals surface area (Å²) in [5.41, 5.74) is 0. The molecule has 0 spiro atoms. The normalized spacial score (nSPS) is 10.8. The van der Waals surface area contributed by atoms with Crippen LogP contribution in [0.25, 0.3) is 0 Å². The lowest BCUT2D eigenvalue weighted by atomic mass is 10.1. The van der Waals surface area contributed by atoms with Gasteiger partial charge in [0.15, 0.2) is 0 Å². The highest BCUT2D eigenvalue weighted by Crippen LogP contribution is 1.98. The van der Waals surface area contributed by atoms with Crippen LogP contribution >= 0.6 is 0 Å². The fourth-order valence-corrected chi connectivity index (χ4v) is 0.563. The summed E-state index contributed by atoms with van der Waals surface area (Å²) in [6.07, 6.45) is 1.14. The molecule has 0 heterocycles. The minimum absolute atomic E-state index is 0.706. The molecule has 0 amide bonds. The first-order valence-corrected chi connectivity index (χ1v) is 3.84. The Morgan fingerprint density at radius 3 is 2.30 bits per heavy atom. The van der Waals surface area contributed by atoms with E-state index < -0.39 is 0 Å². The van der Waals surface area contributed by atoms with E-state index in [-0.39, 0.29) is 0 Å². The van der Waals surface area contributed by atoms with Gasteiger partial charge in [-0.15, -0.1) is 0 Å². The molecular weight excluding hydrogens is 128 g/mol. The molecule has 0 saturated heterocycles. The summed E-state index contributed by atoms with van der Waals surface area (Å²) in [6.45, 7) is 6.68. The van der Waals surface area contributed by atoms with E-state index in [0.717, 1.165) is 25.6 Å². The molecule has 0 aliphatic heterocycles. The molecule has 0 rings (SSSR count). The molecule has 62 valence electrons. The maximum atomic E-state index is 5.26. The van der Waals surface area contributed by atoms with Gasteiger partial charge in [-0.25, -0.2) is 0 Å². The molecule has 0 unspecified atom stereocenters. The Morgan fingerprint density at radius 1 is 1.10 bits per heavy atom. The van der Waals surface area contributed by atoms with Crippen LogP contribution in [-0.2, 0) is 9.47 Å². The fourth-order valence-electron chi connectivity index (χ4n) is 0.563. The van der Waals surface area contributed by atoms with Crippen LogP contribution in [0.5, 0.6) is 0 Å². The second kappa shape index (κ2) is 7.03. The molecule has 0 fully saturated rings. The molecule has 2 nitrogen and oxygen atoms in total. The lowest BCUT2D eigenvalue weighted by Gasteiger charge is -2.04. The largest absolute Gasteiger partial charge is 0.382 e. The number of ether oxygens (including phenoxy) is 2. The van der Waals surface area contributed by atoms with Crippen LogP contribution in [0.15, 0.2) is 0 Å². The van der Waals surface area contributed by atoms with E-state index in [4.69, 9.17) is 9.47 Å². The summed E-state index contributed by atoms with van der Waals surface area (Å²) in [6, 6.07) is 0. The van der Waals surface area contributed by atoms with Crippen LogP contribution in [0, 0.1) is 5.92 Å². The lowest BCUT2D eigenvalue weighted by molar-refractivity contribution is 0.0654. The molecule has 0 atom stereocenters. The molecule has 0 aromatic carbocycles. The first kappa shape index (κ1) is 9.92. The summed E-state index contributed by atoms with van der Waals surface area (Å²) < 4.78 is 10.1. The summed E-state index contributed by atoms with van der Waals surface area (Å²) in [5.74, 6) is 0.738. The van der Waals surface area contributed by atoms with Crippen molar-refractivity contribution in [1.29, 1.82) is 0 Å². The highest BCUT2D eigenvalue weighted by atomic mass is 16.5. The van der Waals surface area contributed by atoms with Gasteiger partial charge in [-0.3, -0.25) is 0 Å². The van der Waals surface area contributed by atoms with E-state index in [1.807, 2.05) is 0 Å². The molecule has 0 radical (unpaired) electrons. The standard InChI is InChI=1S/C8H18O2/c1-8(2)4-5-10-7-6-9-3/h8H,4-7H2,1-3H3. The van der Waals surface area contributed by atoms with Crippen LogP contribution in [0.3, 0.4) is 0 Å². The van der Waals surface area contributed by atoms with Crippen LogP contribution in [0.4, 0.5) is 0 Å². The van der Waals surface area contributed by atoms with Gasteiger partial charge in [0, 0.05) is 13.7 Å². The Morgan fingerprint density at radius 2 is 1.80 bits per heavy atom. The topological polar surface area (TPSA) is 18.5 Å². The average Bonchev–Trinajstić information content (AvgIpc) is 1.87. The van der Waals surface area contributed by atoms with Crippen LogP contribution in [0.1, 0.15) is 20.3 Å². The Balaban J connectivity index is 2.77. The molecule has 0 aromatic rings. The van der Waals surface area contributed by atoms with Gasteiger partial charge in [0.05, 0.1) is 13.2 Å². The van der Waals surface area contributed by atoms with Crippen molar-refractivity contribution < 1.29 is 9.47 Å². The van der Waals surface area contributed by atoms with Crippen molar-refractivity contribution >= 4 is 0 Å². The van der Waals surface area contributed by atoms with Gasteiger partial charge >= 0.3 is 0 Å². The van der Waals surface area contributed by atoms with Crippen LogP contribution in [0.2, 0.25) is 0 Å². The maximum Gasteiger partial charge on any atom is 0.0700 e. The summed E-state index contributed by atoms with van der Waals surface area (Å²) >= 11 is 0. The monoisotopic (exact) mass is 146 g/mol. The van der Waals surface area contributed by atoms with E-state index in [1.54, 1.807) is 7.11 Å². The molecule has 0 saturated carbocycles. The molecule has 0 aromatic heterocycles. The van der Waals surface area contributed by atoms with Gasteiger partial charge in [0.1, 0.15) is 0 Å². The first-order valence-electron chi connectivity index (χ1n) is 3.84. The third kappa shape index (κ3) is 7.92. The minimum Gasteiger partial charge on any atom is -0.382 e. The van der Waals surface area contributed by atoms with E-state index in [1.165, 1.54) is 0 Å². The zero-order valence-corrected chi connectivity index (χ0v) is 7.22. The quantitative estimate of drug-likeness (QED) is 0.531. The van der Waals surface area contributed by atoms with E-state index >= 15 is 0 Å². The van der Waals surface area contributed by atoms with Gasteiger partial charge < -0.3 is 9.47 Å². The zero-order valence-electron chi connectivity index (χ0n) is 7.22. The average molecular weight is 146 g/mol. The molecule has 0 N–H and O–H groups in total. The number of hydrogen-bond donors (Lipinski definition) is 0. The minimum atomic E-state index is 0.706. The third-order valence-electron chi connectivity index (χ3n) is 1.27. The summed E-state index contributed by atoms with van der Waals surface area (Å²) in [5, 5.41) is 0. The Hall–Kier alpha value is -0.0800. The predicted molar refractivity (Wildman–Crippen MR) is 42.2 cm³/mol. The van der Waals surface area contributed by atoms with E-state index in [0.29, 0.717) is 6.61 Å². The number of rotatable bonds is 6. The fraction of sp³-hybridized carbons (Fsp3) is 1.00. The Bertz CT molecular complexity index is 62.3. The highest BCUT2D eigenvalue weighted by Gasteiger charge is 1.92. The van der Waals surface area contributed by atoms with Crippen LogP contribution in [-0.4, -0.2) is 26.9 Å². The van der Waals surface area contributed by atoms with Crippen molar-refractivity contribution in [2.45, 2.75) is 20.3 Å². The van der Waals surface area contributed by atoms with E-state index in [9.17, 15) is 0 Å². The van der Waals surface area contributed by atoms with Crippen molar-refractivity contribution in [3.63, 3.8) is 0 Å². The van der Waals surface area contributed by atoms with Gasteiger partial charge in [-0.2, -0.15) is 0 Å². The maximum absolute atomic E-state index is 5.26. The Kier molecular flexibility index (Phi) is 6.98. The summed E-state index contributed by atoms with van der Waals surface area (Å²) in [4.78, 5) is 0. The third-order valence-corrected chi connectivity index (χ3v) is 1.27. The highest BCUT2D eigenvalue weighted by molar-refractivity contribution is 4.42. The van der Waals surface area contributed by atoms with Crippen molar-refractivity contribution in [3.05, 3.63) is 0 Å². The lowest BCUT2D eigenvalue weighted by Crippen LogP contribution is -2.04. The number of methoxy groups -OCH3 is 1. The van der Waals surface area contributed by atoms with Gasteiger partial charge in [0.2, 0.25) is 0 Å². The number of hydrogen-bond acceptors (Lipinski definition) is 2. The second-order valence-electron chi connectivity index (χ2n) is 2.79. The summed E-state index contributed by atoms with van der Waals surface area (Å²) in [7, 11) is 1.69. The Labute approximate surface area is 63.5 Å². The van der Waals surface area contributed by atoms with Gasteiger partial charge in [0.25, 0.3) is 0 Å². The smallest absolute Gasteiger partial charge is 0.0700 e. The molecule has 0 aliphatic carbocycles.